The molecule has 1 heterocycles. The van der Waals surface area contributed by atoms with E-state index in [2.05, 4.69) is 21.6 Å². The first-order valence-electron chi connectivity index (χ1n) is 9.40. The summed E-state index contributed by atoms with van der Waals surface area (Å²) >= 11 is 7.36. The van der Waals surface area contributed by atoms with E-state index in [4.69, 9.17) is 16.3 Å². The Morgan fingerprint density at radius 2 is 2.03 bits per heavy atom. The second kappa shape index (κ2) is 9.86. The molecule has 0 aliphatic rings. The average Bonchev–Trinajstić information content (AvgIpc) is 3.15. The summed E-state index contributed by atoms with van der Waals surface area (Å²) in [6, 6.07) is 13.2. The molecule has 0 spiro atoms. The Labute approximate surface area is 185 Å². The van der Waals surface area contributed by atoms with Gasteiger partial charge in [0.05, 0.1) is 18.6 Å². The number of ether oxygens (including phenoxy) is 1. The predicted molar refractivity (Wildman–Crippen MR) is 123 cm³/mol. The van der Waals surface area contributed by atoms with Gasteiger partial charge >= 0.3 is 0 Å². The van der Waals surface area contributed by atoms with E-state index in [9.17, 15) is 4.79 Å². The molecule has 1 amide bonds. The third-order valence-corrected chi connectivity index (χ3v) is 5.62. The van der Waals surface area contributed by atoms with Crippen LogP contribution in [0.1, 0.15) is 6.92 Å². The van der Waals surface area contributed by atoms with E-state index in [1.165, 1.54) is 11.8 Å². The fraction of sp³-hybridized carbons (Fsp3) is 0.286. The Hall–Kier alpha value is -2.71. The summed E-state index contributed by atoms with van der Waals surface area (Å²) in [5.41, 5.74) is 2.60. The summed E-state index contributed by atoms with van der Waals surface area (Å²) in [7, 11) is 5.54. The Morgan fingerprint density at radius 1 is 1.23 bits per heavy atom. The Bertz CT molecular complexity index is 1040. The fourth-order valence-electron chi connectivity index (χ4n) is 2.91. The van der Waals surface area contributed by atoms with Crippen molar-refractivity contribution >= 4 is 40.6 Å². The van der Waals surface area contributed by atoms with Crippen LogP contribution in [0.2, 0.25) is 5.02 Å². The molecule has 0 aliphatic heterocycles. The van der Waals surface area contributed by atoms with Crippen molar-refractivity contribution in [3.8, 4) is 17.1 Å². The monoisotopic (exact) mass is 445 g/mol. The number of carbonyl (C=O) groups is 1. The molecule has 3 aromatic rings. The number of aromatic nitrogens is 3. The van der Waals surface area contributed by atoms with Gasteiger partial charge in [0.2, 0.25) is 5.91 Å². The Balaban J connectivity index is 1.73. The van der Waals surface area contributed by atoms with Crippen LogP contribution < -0.4 is 15.0 Å². The molecule has 0 radical (unpaired) electrons. The second-order valence-corrected chi connectivity index (χ2v) is 8.06. The maximum Gasteiger partial charge on any atom is 0.234 e. The molecule has 3 rings (SSSR count). The van der Waals surface area contributed by atoms with Crippen molar-refractivity contribution in [3.05, 3.63) is 47.5 Å². The van der Waals surface area contributed by atoms with Gasteiger partial charge < -0.3 is 19.5 Å². The molecule has 2 aromatic carbocycles. The van der Waals surface area contributed by atoms with Gasteiger partial charge in [0.1, 0.15) is 5.75 Å². The number of carbonyl (C=O) groups excluding carboxylic acids is 1. The number of thioether (sulfide) groups is 1. The van der Waals surface area contributed by atoms with Gasteiger partial charge in [-0.15, -0.1) is 10.2 Å². The van der Waals surface area contributed by atoms with Gasteiger partial charge in [0.15, 0.2) is 11.0 Å². The number of halogens is 1. The number of hydrogen-bond donors (Lipinski definition) is 1. The lowest BCUT2D eigenvalue weighted by Gasteiger charge is -2.14. The van der Waals surface area contributed by atoms with Crippen molar-refractivity contribution in [2.24, 2.45) is 0 Å². The molecule has 30 heavy (non-hydrogen) atoms. The summed E-state index contributed by atoms with van der Waals surface area (Å²) in [6.07, 6.45) is 0. The van der Waals surface area contributed by atoms with Gasteiger partial charge in [-0.3, -0.25) is 4.79 Å². The fourth-order valence-corrected chi connectivity index (χ4v) is 3.89. The van der Waals surface area contributed by atoms with Crippen molar-refractivity contribution in [1.29, 1.82) is 0 Å². The minimum Gasteiger partial charge on any atom is -0.495 e. The molecule has 1 aromatic heterocycles. The molecule has 158 valence electrons. The Morgan fingerprint density at radius 3 is 2.73 bits per heavy atom. The lowest BCUT2D eigenvalue weighted by Crippen LogP contribution is -2.15. The quantitative estimate of drug-likeness (QED) is 0.517. The molecule has 1 N–H and O–H groups in total. The molecule has 9 heteroatoms. The zero-order chi connectivity index (χ0) is 21.7. The molecule has 7 nitrogen and oxygen atoms in total. The predicted octanol–water partition coefficient (Wildman–Crippen LogP) is 4.42. The smallest absolute Gasteiger partial charge is 0.234 e. The molecule has 0 atom stereocenters. The van der Waals surface area contributed by atoms with Crippen molar-refractivity contribution in [2.75, 3.05) is 37.2 Å². The first-order chi connectivity index (χ1) is 14.4. The van der Waals surface area contributed by atoms with Crippen LogP contribution in [0.25, 0.3) is 11.4 Å². The number of amides is 1. The van der Waals surface area contributed by atoms with E-state index >= 15 is 0 Å². The SMILES string of the molecule is CCn1c(SCC(=O)Nc2cc(Cl)ccc2OC)nnc1-c1cccc(N(C)C)c1. The van der Waals surface area contributed by atoms with Gasteiger partial charge in [0, 0.05) is 36.9 Å². The maximum atomic E-state index is 12.5. The summed E-state index contributed by atoms with van der Waals surface area (Å²) in [4.78, 5) is 14.5. The topological polar surface area (TPSA) is 72.3 Å². The minimum atomic E-state index is -0.178. The number of methoxy groups -OCH3 is 1. The van der Waals surface area contributed by atoms with E-state index in [1.54, 1.807) is 25.3 Å². The standard InChI is InChI=1S/C21H24ClN5O2S/c1-5-27-20(14-7-6-8-16(11-14)26(2)3)24-25-21(27)30-13-19(28)23-17-12-15(22)9-10-18(17)29-4/h6-12H,5,13H2,1-4H3,(H,23,28). The third kappa shape index (κ3) is 5.06. The summed E-state index contributed by atoms with van der Waals surface area (Å²) < 4.78 is 7.28. The maximum absolute atomic E-state index is 12.5. The number of benzene rings is 2. The number of hydrogen-bond acceptors (Lipinski definition) is 6. The molecule has 0 bridgehead atoms. The third-order valence-electron chi connectivity index (χ3n) is 4.42. The van der Waals surface area contributed by atoms with Gasteiger partial charge in [-0.2, -0.15) is 0 Å². The normalized spacial score (nSPS) is 10.7. The molecule has 0 saturated heterocycles. The number of nitrogens with zero attached hydrogens (tertiary/aromatic N) is 4. The van der Waals surface area contributed by atoms with Crippen LogP contribution in [0.15, 0.2) is 47.6 Å². The largest absolute Gasteiger partial charge is 0.495 e. The molecule has 0 unspecified atom stereocenters. The van der Waals surface area contributed by atoms with Gasteiger partial charge in [0.25, 0.3) is 0 Å². The Kier molecular flexibility index (Phi) is 7.23. The highest BCUT2D eigenvalue weighted by atomic mass is 35.5. The van der Waals surface area contributed by atoms with Crippen LogP contribution in [-0.2, 0) is 11.3 Å². The molecule has 0 fully saturated rings. The average molecular weight is 446 g/mol. The summed E-state index contributed by atoms with van der Waals surface area (Å²) in [5, 5.41) is 12.7. The summed E-state index contributed by atoms with van der Waals surface area (Å²) in [6.45, 7) is 2.73. The molecular weight excluding hydrogens is 422 g/mol. The second-order valence-electron chi connectivity index (χ2n) is 6.68. The lowest BCUT2D eigenvalue weighted by molar-refractivity contribution is -0.113. The van der Waals surface area contributed by atoms with Gasteiger partial charge in [-0.1, -0.05) is 35.5 Å². The van der Waals surface area contributed by atoms with E-state index in [1.807, 2.05) is 48.7 Å². The molecule has 0 aliphatic carbocycles. The van der Waals surface area contributed by atoms with Crippen LogP contribution in [0.3, 0.4) is 0 Å². The summed E-state index contributed by atoms with van der Waals surface area (Å²) in [5.74, 6) is 1.34. The van der Waals surface area contributed by atoms with Crippen LogP contribution >= 0.6 is 23.4 Å². The zero-order valence-electron chi connectivity index (χ0n) is 17.3. The number of anilines is 2. The minimum absolute atomic E-state index is 0.178. The zero-order valence-corrected chi connectivity index (χ0v) is 18.9. The van der Waals surface area contributed by atoms with Gasteiger partial charge in [-0.05, 0) is 37.3 Å². The number of nitrogens with one attached hydrogen (secondary N) is 1. The van der Waals surface area contributed by atoms with E-state index in [0.717, 1.165) is 17.1 Å². The number of rotatable bonds is 8. The van der Waals surface area contributed by atoms with Crippen LogP contribution in [0, 0.1) is 0 Å². The first-order valence-corrected chi connectivity index (χ1v) is 10.8. The van der Waals surface area contributed by atoms with E-state index < -0.39 is 0 Å². The highest BCUT2D eigenvalue weighted by Gasteiger charge is 2.16. The van der Waals surface area contributed by atoms with Crippen molar-refractivity contribution in [2.45, 2.75) is 18.6 Å². The van der Waals surface area contributed by atoms with Crippen LogP contribution in [-0.4, -0.2) is 47.6 Å². The van der Waals surface area contributed by atoms with Crippen molar-refractivity contribution in [3.63, 3.8) is 0 Å². The van der Waals surface area contributed by atoms with Crippen LogP contribution in [0.4, 0.5) is 11.4 Å². The van der Waals surface area contributed by atoms with E-state index in [-0.39, 0.29) is 11.7 Å². The van der Waals surface area contributed by atoms with Crippen molar-refractivity contribution < 1.29 is 9.53 Å². The molecular formula is C21H24ClN5O2S. The highest BCUT2D eigenvalue weighted by molar-refractivity contribution is 7.99. The molecule has 0 saturated carbocycles. The first kappa shape index (κ1) is 22.0. The van der Waals surface area contributed by atoms with Crippen molar-refractivity contribution in [1.82, 2.24) is 14.8 Å². The highest BCUT2D eigenvalue weighted by Crippen LogP contribution is 2.29. The van der Waals surface area contributed by atoms with Gasteiger partial charge in [-0.25, -0.2) is 0 Å². The van der Waals surface area contributed by atoms with E-state index in [0.29, 0.717) is 28.2 Å². The van der Waals surface area contributed by atoms with Crippen LogP contribution in [0.5, 0.6) is 5.75 Å². The lowest BCUT2D eigenvalue weighted by atomic mass is 10.2.